The molecule has 8 heteroatoms. The Labute approximate surface area is 160 Å². The summed E-state index contributed by atoms with van der Waals surface area (Å²) in [6, 6.07) is 12.2. The van der Waals surface area contributed by atoms with Gasteiger partial charge in [-0.25, -0.2) is 0 Å². The van der Waals surface area contributed by atoms with Crippen molar-refractivity contribution >= 4 is 29.3 Å². The molecule has 3 rings (SSSR count). The van der Waals surface area contributed by atoms with Crippen LogP contribution in [0.1, 0.15) is 11.1 Å². The Kier molecular flexibility index (Phi) is 5.42. The average Bonchev–Trinajstić information content (AvgIpc) is 2.66. The number of ketones is 1. The van der Waals surface area contributed by atoms with Crippen LogP contribution in [-0.2, 0) is 4.79 Å². The summed E-state index contributed by atoms with van der Waals surface area (Å²) in [6.45, 7) is 0.988. The van der Waals surface area contributed by atoms with Gasteiger partial charge in [0.1, 0.15) is 13.1 Å². The quantitative estimate of drug-likeness (QED) is 0.496. The van der Waals surface area contributed by atoms with E-state index in [1.807, 2.05) is 7.05 Å². The first-order chi connectivity index (χ1) is 13.3. The number of carbonyl (C=O) groups is 1. The highest BCUT2D eigenvalue weighted by Gasteiger charge is 2.27. The number of non-ortho nitro benzene ring substituents is 2. The van der Waals surface area contributed by atoms with Crippen molar-refractivity contribution in [2.45, 2.75) is 0 Å². The van der Waals surface area contributed by atoms with Gasteiger partial charge in [0.15, 0.2) is 5.78 Å². The molecule has 1 aliphatic heterocycles. The van der Waals surface area contributed by atoms with E-state index in [-0.39, 0.29) is 17.2 Å². The molecule has 2 aromatic carbocycles. The van der Waals surface area contributed by atoms with E-state index in [2.05, 4.69) is 0 Å². The number of benzene rings is 2. The Morgan fingerprint density at radius 2 is 1.29 bits per heavy atom. The van der Waals surface area contributed by atoms with Gasteiger partial charge >= 0.3 is 0 Å². The van der Waals surface area contributed by atoms with Gasteiger partial charge in [-0.05, 0) is 23.3 Å². The lowest BCUT2D eigenvalue weighted by Crippen LogP contribution is -3.10. The van der Waals surface area contributed by atoms with Crippen LogP contribution < -0.4 is 4.90 Å². The van der Waals surface area contributed by atoms with Crippen molar-refractivity contribution in [1.29, 1.82) is 0 Å². The van der Waals surface area contributed by atoms with Crippen molar-refractivity contribution in [2.24, 2.45) is 0 Å². The number of nitrogens with one attached hydrogen (secondary N) is 1. The summed E-state index contributed by atoms with van der Waals surface area (Å²) in [6.07, 6.45) is 3.33. The van der Waals surface area contributed by atoms with Crippen molar-refractivity contribution in [3.8, 4) is 0 Å². The van der Waals surface area contributed by atoms with Gasteiger partial charge in [-0.3, -0.25) is 25.0 Å². The Morgan fingerprint density at radius 3 is 1.68 bits per heavy atom. The molecule has 1 N–H and O–H groups in total. The molecule has 1 heterocycles. The molecular formula is C20H18N3O5+. The standard InChI is InChI=1S/C20H17N3O5/c1-21-12-16(8-14-4-2-6-18(10-14)22(25)26)20(24)17(13-21)9-15-5-3-7-19(11-15)23(27)28/h2-11H,12-13H2,1H3/p+1/b16-8+,17-9+. The van der Waals surface area contributed by atoms with Crippen LogP contribution >= 0.6 is 0 Å². The minimum absolute atomic E-state index is 0.0364. The van der Waals surface area contributed by atoms with Crippen LogP contribution in [-0.4, -0.2) is 35.8 Å². The zero-order chi connectivity index (χ0) is 20.3. The second-order valence-corrected chi connectivity index (χ2v) is 6.68. The van der Waals surface area contributed by atoms with E-state index in [1.54, 1.807) is 36.4 Å². The maximum absolute atomic E-state index is 12.9. The summed E-state index contributed by atoms with van der Waals surface area (Å²) < 4.78 is 0. The lowest BCUT2D eigenvalue weighted by atomic mass is 9.94. The number of rotatable bonds is 4. The summed E-state index contributed by atoms with van der Waals surface area (Å²) >= 11 is 0. The lowest BCUT2D eigenvalue weighted by Gasteiger charge is -2.23. The van der Waals surface area contributed by atoms with E-state index in [0.29, 0.717) is 35.4 Å². The van der Waals surface area contributed by atoms with Gasteiger partial charge in [0.25, 0.3) is 11.4 Å². The van der Waals surface area contributed by atoms with Crippen LogP contribution in [0.25, 0.3) is 12.2 Å². The molecule has 1 aliphatic rings. The molecule has 0 bridgehead atoms. The number of quaternary nitrogens is 1. The number of piperidine rings is 1. The molecule has 142 valence electrons. The number of nitro groups is 2. The van der Waals surface area contributed by atoms with Crippen LogP contribution in [0.5, 0.6) is 0 Å². The highest BCUT2D eigenvalue weighted by molar-refractivity contribution is 6.14. The summed E-state index contributed by atoms with van der Waals surface area (Å²) in [5, 5.41) is 21.9. The smallest absolute Gasteiger partial charge is 0.270 e. The molecule has 8 nitrogen and oxygen atoms in total. The SMILES string of the molecule is C[NH+]1C/C(=C\c2cccc([N+](=O)[O-])c2)C(=O)/C(=C/c2cccc([N+](=O)[O-])c2)C1. The zero-order valence-corrected chi connectivity index (χ0v) is 15.1. The molecular weight excluding hydrogens is 362 g/mol. The number of likely N-dealkylation sites (N-methyl/N-ethyl adjacent to an activating group) is 1. The predicted octanol–water partition coefficient (Wildman–Crippen LogP) is 2.07. The first kappa shape index (κ1) is 19.1. The monoisotopic (exact) mass is 380 g/mol. The van der Waals surface area contributed by atoms with E-state index < -0.39 is 9.85 Å². The topological polar surface area (TPSA) is 108 Å². The molecule has 1 saturated heterocycles. The molecule has 28 heavy (non-hydrogen) atoms. The van der Waals surface area contributed by atoms with E-state index in [0.717, 1.165) is 4.90 Å². The molecule has 0 atom stereocenters. The fourth-order valence-corrected chi connectivity index (χ4v) is 3.17. The number of Topliss-reactive ketones (excluding diaryl/α,β-unsaturated/α-hetero) is 1. The minimum Gasteiger partial charge on any atom is -0.330 e. The number of carbonyl (C=O) groups excluding carboxylic acids is 1. The summed E-state index contributed by atoms with van der Waals surface area (Å²) in [7, 11) is 1.94. The van der Waals surface area contributed by atoms with Gasteiger partial charge in [-0.2, -0.15) is 0 Å². The summed E-state index contributed by atoms with van der Waals surface area (Å²) in [5.41, 5.74) is 2.18. The second kappa shape index (κ2) is 7.93. The van der Waals surface area contributed by atoms with Crippen LogP contribution in [0.15, 0.2) is 59.7 Å². The Hall–Kier alpha value is -3.65. The van der Waals surface area contributed by atoms with E-state index >= 15 is 0 Å². The minimum atomic E-state index is -0.476. The number of hydrogen-bond donors (Lipinski definition) is 1. The largest absolute Gasteiger partial charge is 0.330 e. The average molecular weight is 380 g/mol. The maximum Gasteiger partial charge on any atom is 0.270 e. The second-order valence-electron chi connectivity index (χ2n) is 6.68. The molecule has 0 spiro atoms. The van der Waals surface area contributed by atoms with Crippen molar-refractivity contribution in [2.75, 3.05) is 20.1 Å². The van der Waals surface area contributed by atoms with Gasteiger partial charge < -0.3 is 4.90 Å². The van der Waals surface area contributed by atoms with Crippen molar-refractivity contribution in [3.05, 3.63) is 91.0 Å². The van der Waals surface area contributed by atoms with Gasteiger partial charge in [0.05, 0.1) is 28.0 Å². The first-order valence-corrected chi connectivity index (χ1v) is 8.59. The Bertz CT molecular complexity index is 947. The van der Waals surface area contributed by atoms with Crippen LogP contribution in [0, 0.1) is 20.2 Å². The van der Waals surface area contributed by atoms with Crippen LogP contribution in [0.4, 0.5) is 11.4 Å². The van der Waals surface area contributed by atoms with Crippen molar-refractivity contribution in [1.82, 2.24) is 0 Å². The Morgan fingerprint density at radius 1 is 0.857 bits per heavy atom. The van der Waals surface area contributed by atoms with E-state index in [4.69, 9.17) is 0 Å². The van der Waals surface area contributed by atoms with Gasteiger partial charge in [-0.15, -0.1) is 0 Å². The molecule has 1 fully saturated rings. The highest BCUT2D eigenvalue weighted by atomic mass is 16.6. The number of nitro benzene ring substituents is 2. The lowest BCUT2D eigenvalue weighted by molar-refractivity contribution is -0.870. The third-order valence-corrected chi connectivity index (χ3v) is 4.41. The zero-order valence-electron chi connectivity index (χ0n) is 15.1. The first-order valence-electron chi connectivity index (χ1n) is 8.59. The third-order valence-electron chi connectivity index (χ3n) is 4.41. The molecule has 2 aromatic rings. The Balaban J connectivity index is 1.94. The van der Waals surface area contributed by atoms with E-state index in [9.17, 15) is 25.0 Å². The van der Waals surface area contributed by atoms with Crippen molar-refractivity contribution < 1.29 is 19.5 Å². The molecule has 0 amide bonds. The summed E-state index contributed by atoms with van der Waals surface area (Å²) in [5.74, 6) is -0.149. The number of likely N-dealkylation sites (tertiary alicyclic amines) is 1. The van der Waals surface area contributed by atoms with Crippen LogP contribution in [0.2, 0.25) is 0 Å². The molecule has 0 aliphatic carbocycles. The molecule has 0 unspecified atom stereocenters. The van der Waals surface area contributed by atoms with Crippen molar-refractivity contribution in [3.63, 3.8) is 0 Å². The molecule has 0 aromatic heterocycles. The van der Waals surface area contributed by atoms with Gasteiger partial charge in [-0.1, -0.05) is 24.3 Å². The van der Waals surface area contributed by atoms with Gasteiger partial charge in [0, 0.05) is 24.3 Å². The van der Waals surface area contributed by atoms with Crippen LogP contribution in [0.3, 0.4) is 0 Å². The normalized spacial score (nSPS) is 19.8. The maximum atomic E-state index is 12.9. The fourth-order valence-electron chi connectivity index (χ4n) is 3.17. The molecule has 0 saturated carbocycles. The summed E-state index contributed by atoms with van der Waals surface area (Å²) in [4.78, 5) is 34.9. The third kappa shape index (κ3) is 4.36. The van der Waals surface area contributed by atoms with E-state index in [1.165, 1.54) is 24.3 Å². The van der Waals surface area contributed by atoms with Gasteiger partial charge in [0.2, 0.25) is 0 Å². The fraction of sp³-hybridized carbons (Fsp3) is 0.150. The highest BCUT2D eigenvalue weighted by Crippen LogP contribution is 2.20. The number of nitrogens with zero attached hydrogens (tertiary/aromatic N) is 2. The number of hydrogen-bond acceptors (Lipinski definition) is 5. The molecule has 0 radical (unpaired) electrons. The predicted molar refractivity (Wildman–Crippen MR) is 104 cm³/mol.